The molecule has 5 heteroatoms. The Hall–Kier alpha value is -3.47. The second-order valence-corrected chi connectivity index (χ2v) is 8.01. The summed E-state index contributed by atoms with van der Waals surface area (Å²) in [6.07, 6.45) is 12.5. The fraction of sp³-hybridized carbons (Fsp3) is 0.321. The number of carbonyl (C=O) groups is 1. The van der Waals surface area contributed by atoms with Crippen molar-refractivity contribution in [3.05, 3.63) is 101 Å². The maximum atomic E-state index is 13.4. The van der Waals surface area contributed by atoms with Crippen molar-refractivity contribution in [3.8, 4) is 0 Å². The zero-order chi connectivity index (χ0) is 24.2. The summed E-state index contributed by atoms with van der Waals surface area (Å²) in [4.78, 5) is 21.4. The number of carbonyl (C=O) groups excluding carboxylic acids is 1. The highest BCUT2D eigenvalue weighted by atomic mass is 16.1. The molecule has 0 radical (unpaired) electrons. The number of allylic oxidation sites excluding steroid dienone is 5. The molecule has 1 unspecified atom stereocenters. The van der Waals surface area contributed by atoms with Crippen molar-refractivity contribution >= 4 is 11.6 Å². The number of anilines is 1. The molecule has 0 fully saturated rings. The van der Waals surface area contributed by atoms with Gasteiger partial charge in [-0.25, -0.2) is 9.97 Å². The van der Waals surface area contributed by atoms with Crippen LogP contribution in [0.25, 0.3) is 0 Å². The number of likely N-dealkylation sites (N-methyl/N-ethyl adjacent to an activating group) is 1. The van der Waals surface area contributed by atoms with Gasteiger partial charge in [-0.15, -0.1) is 0 Å². The number of benzene rings is 1. The Kier molecular flexibility index (Phi) is 10.3. The molecule has 2 rings (SSSR count). The van der Waals surface area contributed by atoms with Crippen LogP contribution >= 0.6 is 0 Å². The predicted molar refractivity (Wildman–Crippen MR) is 138 cm³/mol. The van der Waals surface area contributed by atoms with Gasteiger partial charge in [-0.2, -0.15) is 0 Å². The first-order valence-corrected chi connectivity index (χ1v) is 11.5. The van der Waals surface area contributed by atoms with Crippen molar-refractivity contribution in [1.29, 1.82) is 0 Å². The second kappa shape index (κ2) is 13.2. The largest absolute Gasteiger partial charge is 0.388 e. The zero-order valence-corrected chi connectivity index (χ0v) is 20.6. The van der Waals surface area contributed by atoms with Gasteiger partial charge in [0, 0.05) is 24.2 Å². The summed E-state index contributed by atoms with van der Waals surface area (Å²) in [5.74, 6) is -0.0459. The van der Waals surface area contributed by atoms with E-state index in [-0.39, 0.29) is 11.8 Å². The van der Waals surface area contributed by atoms with Crippen LogP contribution in [0, 0.1) is 0 Å². The SMILES string of the molecule is CC/C=C(NC)/C(C)=C/C(=C\C(=C(C)CC)C(C)c1ccccc1)C(=O)Nc1cncnc1. The third-order valence-electron chi connectivity index (χ3n) is 5.66. The number of aromatic nitrogens is 2. The molecule has 1 aromatic heterocycles. The molecule has 2 aromatic rings. The molecule has 5 nitrogen and oxygen atoms in total. The molecule has 2 N–H and O–H groups in total. The summed E-state index contributed by atoms with van der Waals surface area (Å²) < 4.78 is 0. The van der Waals surface area contributed by atoms with Gasteiger partial charge < -0.3 is 10.6 Å². The molecule has 1 aromatic carbocycles. The highest BCUT2D eigenvalue weighted by molar-refractivity contribution is 6.06. The Morgan fingerprint density at radius 1 is 1.06 bits per heavy atom. The van der Waals surface area contributed by atoms with Gasteiger partial charge in [0.05, 0.1) is 18.1 Å². The molecule has 0 saturated carbocycles. The summed E-state index contributed by atoms with van der Waals surface area (Å²) in [7, 11) is 1.90. The Morgan fingerprint density at radius 3 is 2.30 bits per heavy atom. The van der Waals surface area contributed by atoms with E-state index in [1.165, 1.54) is 17.5 Å². The number of rotatable bonds is 10. The number of nitrogens with zero attached hydrogens (tertiary/aromatic N) is 2. The fourth-order valence-corrected chi connectivity index (χ4v) is 3.63. The number of nitrogens with one attached hydrogen (secondary N) is 2. The monoisotopic (exact) mass is 444 g/mol. The summed E-state index contributed by atoms with van der Waals surface area (Å²) in [5.41, 5.74) is 6.76. The van der Waals surface area contributed by atoms with Gasteiger partial charge in [0.2, 0.25) is 0 Å². The molecule has 0 aliphatic rings. The van der Waals surface area contributed by atoms with Crippen molar-refractivity contribution in [2.45, 2.75) is 53.4 Å². The summed E-state index contributed by atoms with van der Waals surface area (Å²) in [5, 5.41) is 6.17. The highest BCUT2D eigenvalue weighted by Crippen LogP contribution is 2.30. The van der Waals surface area contributed by atoms with Gasteiger partial charge in [0.25, 0.3) is 5.91 Å². The molecule has 0 aliphatic carbocycles. The first-order valence-electron chi connectivity index (χ1n) is 11.5. The maximum absolute atomic E-state index is 13.4. The lowest BCUT2D eigenvalue weighted by atomic mass is 9.87. The van der Waals surface area contributed by atoms with E-state index in [1.54, 1.807) is 12.4 Å². The van der Waals surface area contributed by atoms with Gasteiger partial charge in [-0.05, 0) is 55.6 Å². The van der Waals surface area contributed by atoms with Gasteiger partial charge in [-0.3, -0.25) is 4.79 Å². The summed E-state index contributed by atoms with van der Waals surface area (Å²) in [6, 6.07) is 10.4. The number of hydrogen-bond acceptors (Lipinski definition) is 4. The van der Waals surface area contributed by atoms with E-state index < -0.39 is 0 Å². The average Bonchev–Trinajstić information content (AvgIpc) is 2.85. The van der Waals surface area contributed by atoms with Gasteiger partial charge >= 0.3 is 0 Å². The van der Waals surface area contributed by atoms with Gasteiger partial charge in [0.15, 0.2) is 0 Å². The van der Waals surface area contributed by atoms with Gasteiger partial charge in [0.1, 0.15) is 6.33 Å². The van der Waals surface area contributed by atoms with E-state index in [1.807, 2.05) is 32.2 Å². The Bertz CT molecular complexity index is 1030. The lowest BCUT2D eigenvalue weighted by molar-refractivity contribution is -0.112. The van der Waals surface area contributed by atoms with Crippen LogP contribution in [-0.2, 0) is 4.79 Å². The van der Waals surface area contributed by atoms with E-state index in [4.69, 9.17) is 0 Å². The number of hydrogen-bond donors (Lipinski definition) is 2. The van der Waals surface area contributed by atoms with E-state index >= 15 is 0 Å². The van der Waals surface area contributed by atoms with Crippen molar-refractivity contribution in [2.75, 3.05) is 12.4 Å². The minimum Gasteiger partial charge on any atom is -0.388 e. The normalized spacial score (nSPS) is 14.4. The van der Waals surface area contributed by atoms with E-state index in [0.29, 0.717) is 11.3 Å². The van der Waals surface area contributed by atoms with Crippen LogP contribution in [-0.4, -0.2) is 22.9 Å². The van der Waals surface area contributed by atoms with Gasteiger partial charge in [-0.1, -0.05) is 62.8 Å². The lowest BCUT2D eigenvalue weighted by Crippen LogP contribution is -2.16. The van der Waals surface area contributed by atoms with Crippen molar-refractivity contribution in [3.63, 3.8) is 0 Å². The molecule has 1 atom stereocenters. The maximum Gasteiger partial charge on any atom is 0.255 e. The van der Waals surface area contributed by atoms with Crippen LogP contribution < -0.4 is 10.6 Å². The quantitative estimate of drug-likeness (QED) is 0.332. The first-order chi connectivity index (χ1) is 15.9. The highest BCUT2D eigenvalue weighted by Gasteiger charge is 2.16. The van der Waals surface area contributed by atoms with Crippen molar-refractivity contribution < 1.29 is 4.79 Å². The summed E-state index contributed by atoms with van der Waals surface area (Å²) in [6.45, 7) is 10.6. The molecular weight excluding hydrogens is 408 g/mol. The Morgan fingerprint density at radius 2 is 1.73 bits per heavy atom. The standard InChI is InChI=1S/C28H36N4O/c1-7-12-27(29-6)21(4)15-24(28(33)32-25-17-30-19-31-18-25)16-26(20(3)8-2)22(5)23-13-10-9-11-14-23/h9-19,22,29H,7-8H2,1-6H3,(H,32,33)/b21-15+,24-16+,26-20?,27-12-. The smallest absolute Gasteiger partial charge is 0.255 e. The minimum atomic E-state index is -0.197. The molecule has 0 bridgehead atoms. The molecule has 174 valence electrons. The molecule has 33 heavy (non-hydrogen) atoms. The van der Waals surface area contributed by atoms with Crippen molar-refractivity contribution in [1.82, 2.24) is 15.3 Å². The third-order valence-corrected chi connectivity index (χ3v) is 5.66. The van der Waals surface area contributed by atoms with Crippen LogP contribution in [0.3, 0.4) is 0 Å². The third kappa shape index (κ3) is 7.56. The zero-order valence-electron chi connectivity index (χ0n) is 20.6. The predicted octanol–water partition coefficient (Wildman–Crippen LogP) is 6.33. The van der Waals surface area contributed by atoms with E-state index in [0.717, 1.165) is 29.7 Å². The molecule has 0 aliphatic heterocycles. The topological polar surface area (TPSA) is 66.9 Å². The van der Waals surface area contributed by atoms with Crippen LogP contribution in [0.2, 0.25) is 0 Å². The Labute approximate surface area is 198 Å². The molecule has 0 spiro atoms. The second-order valence-electron chi connectivity index (χ2n) is 8.01. The van der Waals surface area contributed by atoms with Crippen LogP contribution in [0.1, 0.15) is 58.9 Å². The van der Waals surface area contributed by atoms with Crippen molar-refractivity contribution in [2.24, 2.45) is 0 Å². The van der Waals surface area contributed by atoms with Crippen LogP contribution in [0.15, 0.2) is 95.3 Å². The molecule has 1 heterocycles. The summed E-state index contributed by atoms with van der Waals surface area (Å²) >= 11 is 0. The molecule has 1 amide bonds. The van der Waals surface area contributed by atoms with E-state index in [9.17, 15) is 4.79 Å². The minimum absolute atomic E-state index is 0.151. The average molecular weight is 445 g/mol. The van der Waals surface area contributed by atoms with Crippen LogP contribution in [0.5, 0.6) is 0 Å². The molecule has 0 saturated heterocycles. The van der Waals surface area contributed by atoms with Crippen LogP contribution in [0.4, 0.5) is 5.69 Å². The lowest BCUT2D eigenvalue weighted by Gasteiger charge is -2.18. The number of amides is 1. The first kappa shape index (κ1) is 25.8. The van der Waals surface area contributed by atoms with E-state index in [2.05, 4.69) is 78.6 Å². The Balaban J connectivity index is 2.59. The molecular formula is C28H36N4O. The fourth-order valence-electron chi connectivity index (χ4n) is 3.63.